The lowest BCUT2D eigenvalue weighted by molar-refractivity contribution is 0.121. The Kier molecular flexibility index (Phi) is 8.15. The predicted molar refractivity (Wildman–Crippen MR) is 99.5 cm³/mol. The van der Waals surface area contributed by atoms with Crippen LogP contribution in [0.25, 0.3) is 0 Å². The van der Waals surface area contributed by atoms with Crippen molar-refractivity contribution in [2.24, 2.45) is 5.92 Å². The average Bonchev–Trinajstić information content (AvgIpc) is 2.64. The van der Waals surface area contributed by atoms with Gasteiger partial charge >= 0.3 is 0 Å². The number of likely N-dealkylation sites (tertiary alicyclic amines) is 1. The first kappa shape index (κ1) is 20.2. The lowest BCUT2D eigenvalue weighted by atomic mass is 9.97. The van der Waals surface area contributed by atoms with Crippen LogP contribution in [0.3, 0.4) is 0 Å². The smallest absolute Gasteiger partial charge is 0.211 e. The molecule has 0 unspecified atom stereocenters. The molecule has 142 valence electrons. The van der Waals surface area contributed by atoms with Crippen molar-refractivity contribution in [1.82, 2.24) is 9.62 Å². The first-order valence-electron chi connectivity index (χ1n) is 8.84. The Bertz CT molecular complexity index is 596. The van der Waals surface area contributed by atoms with Gasteiger partial charge in [-0.2, -0.15) is 0 Å². The Balaban J connectivity index is 1.69. The van der Waals surface area contributed by atoms with E-state index in [9.17, 15) is 8.42 Å². The van der Waals surface area contributed by atoms with E-state index in [0.29, 0.717) is 18.9 Å². The maximum atomic E-state index is 12.2. The van der Waals surface area contributed by atoms with Gasteiger partial charge in [-0.05, 0) is 56.0 Å². The Labute approximate surface area is 151 Å². The Morgan fingerprint density at radius 3 is 2.44 bits per heavy atom. The third kappa shape index (κ3) is 7.32. The van der Waals surface area contributed by atoms with Gasteiger partial charge in [-0.25, -0.2) is 13.1 Å². The highest BCUT2D eigenvalue weighted by atomic mass is 32.2. The summed E-state index contributed by atoms with van der Waals surface area (Å²) in [5.74, 6) is 1.32. The highest BCUT2D eigenvalue weighted by Crippen LogP contribution is 2.16. The van der Waals surface area contributed by atoms with E-state index in [4.69, 9.17) is 9.47 Å². The molecule has 1 aromatic rings. The van der Waals surface area contributed by atoms with E-state index in [1.54, 1.807) is 14.2 Å². The van der Waals surface area contributed by atoms with Gasteiger partial charge in [0.1, 0.15) is 5.75 Å². The number of methoxy groups -OCH3 is 2. The standard InChI is InChI=1S/C18H30N2O4S/c1-23-13-12-20-10-7-17(8-11-20)15-19-25(21,22)14-9-16-3-5-18(24-2)6-4-16/h3-6,17,19H,7-15H2,1-2H3. The molecule has 1 saturated heterocycles. The topological polar surface area (TPSA) is 67.9 Å². The molecular weight excluding hydrogens is 340 g/mol. The summed E-state index contributed by atoms with van der Waals surface area (Å²) < 4.78 is 37.4. The van der Waals surface area contributed by atoms with Gasteiger partial charge in [-0.15, -0.1) is 0 Å². The minimum absolute atomic E-state index is 0.117. The van der Waals surface area contributed by atoms with Gasteiger partial charge in [-0.3, -0.25) is 0 Å². The first-order chi connectivity index (χ1) is 12.0. The summed E-state index contributed by atoms with van der Waals surface area (Å²) in [5.41, 5.74) is 0.998. The van der Waals surface area contributed by atoms with Gasteiger partial charge < -0.3 is 14.4 Å². The molecule has 1 heterocycles. The lowest BCUT2D eigenvalue weighted by Gasteiger charge is -2.31. The normalized spacial score (nSPS) is 16.9. The minimum atomic E-state index is -3.24. The summed E-state index contributed by atoms with van der Waals surface area (Å²) in [6, 6.07) is 7.52. The molecule has 0 aromatic heterocycles. The number of piperidine rings is 1. The second kappa shape index (κ2) is 10.1. The Morgan fingerprint density at radius 1 is 1.16 bits per heavy atom. The molecule has 0 atom stereocenters. The highest BCUT2D eigenvalue weighted by Gasteiger charge is 2.20. The first-order valence-corrected chi connectivity index (χ1v) is 10.5. The number of hydrogen-bond donors (Lipinski definition) is 1. The van der Waals surface area contributed by atoms with Crippen LogP contribution in [-0.2, 0) is 21.2 Å². The number of nitrogens with one attached hydrogen (secondary N) is 1. The lowest BCUT2D eigenvalue weighted by Crippen LogP contribution is -2.40. The van der Waals surface area contributed by atoms with E-state index < -0.39 is 10.0 Å². The van der Waals surface area contributed by atoms with Crippen LogP contribution in [0.2, 0.25) is 0 Å². The van der Waals surface area contributed by atoms with Crippen LogP contribution in [0.1, 0.15) is 18.4 Å². The SMILES string of the molecule is COCCN1CCC(CNS(=O)(=O)CCc2ccc(OC)cc2)CC1. The maximum absolute atomic E-state index is 12.2. The van der Waals surface area contributed by atoms with Crippen LogP contribution in [0, 0.1) is 5.92 Å². The van der Waals surface area contributed by atoms with E-state index in [-0.39, 0.29) is 5.75 Å². The minimum Gasteiger partial charge on any atom is -0.497 e. The van der Waals surface area contributed by atoms with E-state index >= 15 is 0 Å². The molecule has 0 spiro atoms. The molecule has 0 aliphatic carbocycles. The molecule has 1 aliphatic heterocycles. The summed E-state index contributed by atoms with van der Waals surface area (Å²) in [6.45, 7) is 4.28. The average molecular weight is 371 g/mol. The van der Waals surface area contributed by atoms with Gasteiger partial charge in [-0.1, -0.05) is 12.1 Å². The molecule has 0 bridgehead atoms. The van der Waals surface area contributed by atoms with Crippen LogP contribution in [0.15, 0.2) is 24.3 Å². The second-order valence-corrected chi connectivity index (χ2v) is 8.47. The van der Waals surface area contributed by atoms with Crippen molar-refractivity contribution in [2.75, 3.05) is 52.8 Å². The van der Waals surface area contributed by atoms with E-state index in [2.05, 4.69) is 9.62 Å². The van der Waals surface area contributed by atoms with Crippen molar-refractivity contribution in [3.8, 4) is 5.75 Å². The molecule has 2 rings (SSSR count). The highest BCUT2D eigenvalue weighted by molar-refractivity contribution is 7.89. The number of ether oxygens (including phenoxy) is 2. The largest absolute Gasteiger partial charge is 0.497 e. The zero-order chi connectivity index (χ0) is 18.1. The van der Waals surface area contributed by atoms with E-state index in [1.165, 1.54) is 0 Å². The summed E-state index contributed by atoms with van der Waals surface area (Å²) in [4.78, 5) is 2.37. The van der Waals surface area contributed by atoms with Crippen molar-refractivity contribution < 1.29 is 17.9 Å². The number of benzene rings is 1. The molecule has 0 amide bonds. The number of hydrogen-bond acceptors (Lipinski definition) is 5. The molecular formula is C18H30N2O4S. The van der Waals surface area contributed by atoms with Gasteiger partial charge in [0.15, 0.2) is 0 Å². The summed E-state index contributed by atoms with van der Waals surface area (Å²) >= 11 is 0. The van der Waals surface area contributed by atoms with Crippen LogP contribution in [-0.4, -0.2) is 66.1 Å². The van der Waals surface area contributed by atoms with Gasteiger partial charge in [0.2, 0.25) is 10.0 Å². The van der Waals surface area contributed by atoms with Crippen molar-refractivity contribution >= 4 is 10.0 Å². The zero-order valence-electron chi connectivity index (χ0n) is 15.2. The molecule has 0 saturated carbocycles. The van der Waals surface area contributed by atoms with Gasteiger partial charge in [0.05, 0.1) is 19.5 Å². The molecule has 1 aliphatic rings. The molecule has 25 heavy (non-hydrogen) atoms. The maximum Gasteiger partial charge on any atom is 0.211 e. The molecule has 0 radical (unpaired) electrons. The fourth-order valence-electron chi connectivity index (χ4n) is 3.00. The zero-order valence-corrected chi connectivity index (χ0v) is 16.1. The predicted octanol–water partition coefficient (Wildman–Crippen LogP) is 1.52. The van der Waals surface area contributed by atoms with E-state index in [0.717, 1.165) is 50.4 Å². The number of aryl methyl sites for hydroxylation is 1. The summed E-state index contributed by atoms with van der Waals surface area (Å²) in [6.07, 6.45) is 2.57. The summed E-state index contributed by atoms with van der Waals surface area (Å²) in [7, 11) is 0.0949. The fourth-order valence-corrected chi connectivity index (χ4v) is 4.13. The monoisotopic (exact) mass is 370 g/mol. The number of nitrogens with zero attached hydrogens (tertiary/aromatic N) is 1. The van der Waals surface area contributed by atoms with Crippen LogP contribution in [0.5, 0.6) is 5.75 Å². The number of sulfonamides is 1. The van der Waals surface area contributed by atoms with E-state index in [1.807, 2.05) is 24.3 Å². The van der Waals surface area contributed by atoms with Gasteiger partial charge in [0.25, 0.3) is 0 Å². The van der Waals surface area contributed by atoms with Crippen molar-refractivity contribution in [2.45, 2.75) is 19.3 Å². The van der Waals surface area contributed by atoms with Gasteiger partial charge in [0, 0.05) is 20.2 Å². The number of rotatable bonds is 10. The molecule has 6 nitrogen and oxygen atoms in total. The quantitative estimate of drug-likeness (QED) is 0.676. The van der Waals surface area contributed by atoms with Crippen LogP contribution < -0.4 is 9.46 Å². The second-order valence-electron chi connectivity index (χ2n) is 6.54. The third-order valence-electron chi connectivity index (χ3n) is 4.73. The molecule has 1 N–H and O–H groups in total. The summed E-state index contributed by atoms with van der Waals surface area (Å²) in [5, 5.41) is 0. The fraction of sp³-hybridized carbons (Fsp3) is 0.667. The van der Waals surface area contributed by atoms with Crippen molar-refractivity contribution in [1.29, 1.82) is 0 Å². The Morgan fingerprint density at radius 2 is 1.84 bits per heavy atom. The third-order valence-corrected chi connectivity index (χ3v) is 6.08. The molecule has 1 aromatic carbocycles. The van der Waals surface area contributed by atoms with Crippen LogP contribution in [0.4, 0.5) is 0 Å². The molecule has 1 fully saturated rings. The van der Waals surface area contributed by atoms with Crippen molar-refractivity contribution in [3.63, 3.8) is 0 Å². The molecule has 7 heteroatoms. The van der Waals surface area contributed by atoms with Crippen molar-refractivity contribution in [3.05, 3.63) is 29.8 Å². The van der Waals surface area contributed by atoms with Crippen LogP contribution >= 0.6 is 0 Å². The Hall–Kier alpha value is -1.15.